The fourth-order valence-corrected chi connectivity index (χ4v) is 2.18. The van der Waals surface area contributed by atoms with Crippen LogP contribution in [-0.2, 0) is 4.74 Å². The highest BCUT2D eigenvalue weighted by atomic mass is 32.2. The van der Waals surface area contributed by atoms with E-state index in [0.717, 1.165) is 38.0 Å². The average Bonchev–Trinajstić information content (AvgIpc) is 2.21. The Morgan fingerprint density at radius 3 is 2.92 bits per heavy atom. The van der Waals surface area contributed by atoms with E-state index >= 15 is 0 Å². The predicted molar refractivity (Wildman–Crippen MR) is 54.9 cm³/mol. The molecular weight excluding hydrogens is 186 g/mol. The van der Waals surface area contributed by atoms with Crippen LogP contribution >= 0.6 is 11.8 Å². The minimum Gasteiger partial charge on any atom is -0.379 e. The molecule has 2 heterocycles. The number of thioether (sulfide) groups is 1. The molecule has 0 amide bonds. The molecule has 1 saturated heterocycles. The van der Waals surface area contributed by atoms with Gasteiger partial charge >= 0.3 is 0 Å². The topological polar surface area (TPSA) is 36.9 Å². The fraction of sp³-hybridized carbons (Fsp3) is 0.875. The zero-order valence-corrected chi connectivity index (χ0v) is 8.48. The zero-order valence-electron chi connectivity index (χ0n) is 7.66. The molecule has 0 bridgehead atoms. The van der Waals surface area contributed by atoms with E-state index in [2.05, 4.69) is 15.4 Å². The molecule has 0 aromatic heterocycles. The van der Waals surface area contributed by atoms with Crippen LogP contribution in [0.2, 0.25) is 0 Å². The Morgan fingerprint density at radius 2 is 2.23 bits per heavy atom. The van der Waals surface area contributed by atoms with Crippen LogP contribution in [0.15, 0.2) is 4.99 Å². The van der Waals surface area contributed by atoms with Crippen molar-refractivity contribution in [3.8, 4) is 0 Å². The second kappa shape index (κ2) is 4.83. The van der Waals surface area contributed by atoms with Crippen LogP contribution in [0.5, 0.6) is 0 Å². The first kappa shape index (κ1) is 9.30. The number of morpholine rings is 1. The van der Waals surface area contributed by atoms with Gasteiger partial charge in [0.05, 0.1) is 13.2 Å². The molecule has 0 radical (unpaired) electrons. The van der Waals surface area contributed by atoms with Crippen LogP contribution in [0.1, 0.15) is 6.42 Å². The second-order valence-electron chi connectivity index (χ2n) is 3.10. The fourth-order valence-electron chi connectivity index (χ4n) is 1.34. The molecule has 4 nitrogen and oxygen atoms in total. The lowest BCUT2D eigenvalue weighted by Crippen LogP contribution is -2.48. The molecular formula is C8H15N3OS. The predicted octanol–water partition coefficient (Wildman–Crippen LogP) is 0.316. The van der Waals surface area contributed by atoms with Gasteiger partial charge in [0.1, 0.15) is 0 Å². The van der Waals surface area contributed by atoms with E-state index in [9.17, 15) is 0 Å². The van der Waals surface area contributed by atoms with E-state index in [1.54, 1.807) is 0 Å². The first-order valence-corrected chi connectivity index (χ1v) is 5.70. The van der Waals surface area contributed by atoms with Crippen LogP contribution in [0.25, 0.3) is 0 Å². The maximum absolute atomic E-state index is 5.26. The summed E-state index contributed by atoms with van der Waals surface area (Å²) in [6.45, 7) is 4.54. The van der Waals surface area contributed by atoms with Crippen molar-refractivity contribution in [3.05, 3.63) is 0 Å². The van der Waals surface area contributed by atoms with Gasteiger partial charge in [-0.15, -0.1) is 0 Å². The standard InChI is InChI=1S/C8H15N3OS/c1-2-9-8(13-7-1)10-11-3-5-12-6-4-11/h1-7H2,(H,9,10). The highest BCUT2D eigenvalue weighted by molar-refractivity contribution is 8.13. The summed E-state index contributed by atoms with van der Waals surface area (Å²) in [4.78, 5) is 4.41. The van der Waals surface area contributed by atoms with Gasteiger partial charge < -0.3 is 4.74 Å². The largest absolute Gasteiger partial charge is 0.379 e. The number of hydrazine groups is 1. The number of aliphatic imine (C=N–C) groups is 1. The van der Waals surface area contributed by atoms with Gasteiger partial charge in [0.25, 0.3) is 0 Å². The Morgan fingerprint density at radius 1 is 1.38 bits per heavy atom. The normalized spacial score (nSPS) is 25.4. The second-order valence-corrected chi connectivity index (χ2v) is 4.18. The number of hydrogen-bond donors (Lipinski definition) is 1. The number of hydrogen-bond acceptors (Lipinski definition) is 5. The van der Waals surface area contributed by atoms with Crippen molar-refractivity contribution in [3.63, 3.8) is 0 Å². The number of ether oxygens (including phenoxy) is 1. The molecule has 1 N–H and O–H groups in total. The van der Waals surface area contributed by atoms with Gasteiger partial charge in [0, 0.05) is 25.4 Å². The molecule has 0 aliphatic carbocycles. The summed E-state index contributed by atoms with van der Waals surface area (Å²) in [5, 5.41) is 3.26. The summed E-state index contributed by atoms with van der Waals surface area (Å²) < 4.78 is 5.26. The van der Waals surface area contributed by atoms with E-state index in [1.807, 2.05) is 11.8 Å². The van der Waals surface area contributed by atoms with Crippen molar-refractivity contribution in [2.75, 3.05) is 38.6 Å². The molecule has 0 aromatic carbocycles. The van der Waals surface area contributed by atoms with Crippen molar-refractivity contribution in [1.82, 2.24) is 10.4 Å². The molecule has 74 valence electrons. The maximum Gasteiger partial charge on any atom is 0.171 e. The van der Waals surface area contributed by atoms with E-state index < -0.39 is 0 Å². The van der Waals surface area contributed by atoms with Gasteiger partial charge in [0.15, 0.2) is 5.17 Å². The van der Waals surface area contributed by atoms with Crippen LogP contribution in [-0.4, -0.2) is 48.8 Å². The molecule has 0 saturated carbocycles. The van der Waals surface area contributed by atoms with E-state index in [0.29, 0.717) is 0 Å². The van der Waals surface area contributed by atoms with Crippen LogP contribution < -0.4 is 5.43 Å². The number of nitrogens with zero attached hydrogens (tertiary/aromatic N) is 2. The summed E-state index contributed by atoms with van der Waals surface area (Å²) in [7, 11) is 0. The lowest BCUT2D eigenvalue weighted by atomic mass is 10.5. The molecule has 0 aromatic rings. The van der Waals surface area contributed by atoms with Gasteiger partial charge in [-0.05, 0) is 6.42 Å². The Kier molecular flexibility index (Phi) is 3.46. The van der Waals surface area contributed by atoms with Crippen molar-refractivity contribution >= 4 is 16.9 Å². The minimum absolute atomic E-state index is 0.824. The Hall–Kier alpha value is -0.260. The van der Waals surface area contributed by atoms with Crippen molar-refractivity contribution in [1.29, 1.82) is 0 Å². The summed E-state index contributed by atoms with van der Waals surface area (Å²) in [6, 6.07) is 0. The summed E-state index contributed by atoms with van der Waals surface area (Å²) in [6.07, 6.45) is 1.21. The molecule has 5 heteroatoms. The van der Waals surface area contributed by atoms with Crippen LogP contribution in [0.3, 0.4) is 0 Å². The van der Waals surface area contributed by atoms with Crippen molar-refractivity contribution < 1.29 is 4.74 Å². The smallest absolute Gasteiger partial charge is 0.171 e. The summed E-state index contributed by atoms with van der Waals surface area (Å²) in [5.74, 6) is 1.19. The Labute approximate surface area is 82.7 Å². The van der Waals surface area contributed by atoms with E-state index in [4.69, 9.17) is 4.74 Å². The minimum atomic E-state index is 0.824. The Bertz CT molecular complexity index is 192. The summed E-state index contributed by atoms with van der Waals surface area (Å²) >= 11 is 1.81. The molecule has 2 rings (SSSR count). The third-order valence-electron chi connectivity index (χ3n) is 2.06. The van der Waals surface area contributed by atoms with Gasteiger partial charge in [-0.2, -0.15) is 0 Å². The Balaban J connectivity index is 1.78. The van der Waals surface area contributed by atoms with E-state index in [-0.39, 0.29) is 0 Å². The number of amidine groups is 1. The molecule has 0 spiro atoms. The quantitative estimate of drug-likeness (QED) is 0.663. The number of nitrogens with one attached hydrogen (secondary N) is 1. The molecule has 0 atom stereocenters. The number of rotatable bonds is 1. The van der Waals surface area contributed by atoms with Crippen molar-refractivity contribution in [2.45, 2.75) is 6.42 Å². The molecule has 2 aliphatic rings. The lowest BCUT2D eigenvalue weighted by molar-refractivity contribution is 0.0253. The van der Waals surface area contributed by atoms with Crippen LogP contribution in [0.4, 0.5) is 0 Å². The molecule has 2 aliphatic heterocycles. The van der Waals surface area contributed by atoms with Gasteiger partial charge in [-0.3, -0.25) is 10.4 Å². The molecule has 0 unspecified atom stereocenters. The maximum atomic E-state index is 5.26. The average molecular weight is 201 g/mol. The lowest BCUT2D eigenvalue weighted by Gasteiger charge is -2.28. The molecule has 13 heavy (non-hydrogen) atoms. The zero-order chi connectivity index (χ0) is 8.93. The summed E-state index contributed by atoms with van der Waals surface area (Å²) in [5.41, 5.74) is 3.32. The van der Waals surface area contributed by atoms with Gasteiger partial charge in [-0.1, -0.05) is 11.8 Å². The van der Waals surface area contributed by atoms with E-state index in [1.165, 1.54) is 12.2 Å². The third kappa shape index (κ3) is 2.86. The van der Waals surface area contributed by atoms with Crippen LogP contribution in [0, 0.1) is 0 Å². The molecule has 1 fully saturated rings. The van der Waals surface area contributed by atoms with Gasteiger partial charge in [-0.25, -0.2) is 5.01 Å². The van der Waals surface area contributed by atoms with Crippen molar-refractivity contribution in [2.24, 2.45) is 4.99 Å². The van der Waals surface area contributed by atoms with Gasteiger partial charge in [0.2, 0.25) is 0 Å². The third-order valence-corrected chi connectivity index (χ3v) is 3.05. The SMILES string of the molecule is C1CN=C(NN2CCOCC2)SC1. The highest BCUT2D eigenvalue weighted by Gasteiger charge is 2.13. The highest BCUT2D eigenvalue weighted by Crippen LogP contribution is 2.10. The monoisotopic (exact) mass is 201 g/mol. The first-order valence-electron chi connectivity index (χ1n) is 4.72. The first-order chi connectivity index (χ1) is 6.45.